The lowest BCUT2D eigenvalue weighted by molar-refractivity contribution is 0.0529. The lowest BCUT2D eigenvalue weighted by atomic mass is 9.99. The van der Waals surface area contributed by atoms with Crippen molar-refractivity contribution < 1.29 is 9.53 Å². The Morgan fingerprint density at radius 2 is 1.90 bits per heavy atom. The van der Waals surface area contributed by atoms with Gasteiger partial charge in [-0.15, -0.1) is 0 Å². The number of hydrogen-bond acceptors (Lipinski definition) is 5. The normalized spacial score (nSPS) is 15.6. The van der Waals surface area contributed by atoms with Crippen molar-refractivity contribution in [2.75, 3.05) is 37.6 Å². The first-order valence-electron chi connectivity index (χ1n) is 11.0. The van der Waals surface area contributed by atoms with Gasteiger partial charge in [-0.2, -0.15) is 0 Å². The molecule has 3 N–H and O–H groups in total. The highest BCUT2D eigenvalue weighted by Crippen LogP contribution is 2.21. The van der Waals surface area contributed by atoms with E-state index in [0.717, 1.165) is 36.9 Å². The van der Waals surface area contributed by atoms with Crippen LogP contribution in [0.1, 0.15) is 53.0 Å². The summed E-state index contributed by atoms with van der Waals surface area (Å²) in [6, 6.07) is 4.18. The zero-order valence-electron chi connectivity index (χ0n) is 19.1. The van der Waals surface area contributed by atoms with Crippen molar-refractivity contribution in [1.82, 2.24) is 20.9 Å². The van der Waals surface area contributed by atoms with Gasteiger partial charge in [-0.3, -0.25) is 0 Å². The first kappa shape index (κ1) is 23.8. The van der Waals surface area contributed by atoms with Crippen LogP contribution in [0.15, 0.2) is 23.3 Å². The highest BCUT2D eigenvalue weighted by molar-refractivity contribution is 5.79. The molecule has 1 aromatic heterocycles. The molecule has 30 heavy (non-hydrogen) atoms. The van der Waals surface area contributed by atoms with Gasteiger partial charge in [0.1, 0.15) is 11.4 Å². The molecule has 0 saturated carbocycles. The molecule has 0 aromatic carbocycles. The van der Waals surface area contributed by atoms with Crippen molar-refractivity contribution in [1.29, 1.82) is 0 Å². The van der Waals surface area contributed by atoms with Crippen molar-refractivity contribution >= 4 is 17.9 Å². The molecule has 2 rings (SSSR count). The molecular weight excluding hydrogens is 380 g/mol. The van der Waals surface area contributed by atoms with E-state index in [1.807, 2.05) is 33.9 Å². The number of piperidine rings is 1. The molecule has 0 aliphatic carbocycles. The van der Waals surface area contributed by atoms with Crippen LogP contribution in [-0.2, 0) is 11.3 Å². The standard InChI is InChI=1S/C22H38N6O2/c1-6-23-20(24-11-12-25-21(29)30-22(3,4)5)27-16-18-7-8-19(26-15-18)28-13-9-17(2)10-14-28/h7-8,15,17H,6,9-14,16H2,1-5H3,(H,25,29)(H2,23,24,27). The van der Waals surface area contributed by atoms with Gasteiger partial charge >= 0.3 is 6.09 Å². The Morgan fingerprint density at radius 3 is 2.50 bits per heavy atom. The molecule has 8 heteroatoms. The van der Waals surface area contributed by atoms with Gasteiger partial charge in [0.25, 0.3) is 0 Å². The average Bonchev–Trinajstić information content (AvgIpc) is 2.69. The van der Waals surface area contributed by atoms with E-state index in [1.54, 1.807) is 0 Å². The first-order chi connectivity index (χ1) is 14.3. The third kappa shape index (κ3) is 8.88. The van der Waals surface area contributed by atoms with E-state index in [0.29, 0.717) is 25.6 Å². The van der Waals surface area contributed by atoms with Crippen LogP contribution in [-0.4, -0.2) is 55.4 Å². The Bertz CT molecular complexity index is 676. The number of nitrogens with one attached hydrogen (secondary N) is 3. The lowest BCUT2D eigenvalue weighted by Gasteiger charge is -2.31. The van der Waals surface area contributed by atoms with Crippen LogP contribution in [0.5, 0.6) is 0 Å². The van der Waals surface area contributed by atoms with Crippen LogP contribution >= 0.6 is 0 Å². The molecule has 2 heterocycles. The van der Waals surface area contributed by atoms with Gasteiger partial charge in [0.15, 0.2) is 5.96 Å². The molecule has 168 valence electrons. The zero-order chi connectivity index (χ0) is 22.0. The maximum Gasteiger partial charge on any atom is 0.407 e. The lowest BCUT2D eigenvalue weighted by Crippen LogP contribution is -2.42. The highest BCUT2D eigenvalue weighted by Gasteiger charge is 2.17. The number of pyridine rings is 1. The Kier molecular flexibility index (Phi) is 9.20. The third-order valence-corrected chi connectivity index (χ3v) is 4.77. The monoisotopic (exact) mass is 418 g/mol. The van der Waals surface area contributed by atoms with Crippen molar-refractivity contribution in [2.24, 2.45) is 10.9 Å². The first-order valence-corrected chi connectivity index (χ1v) is 11.0. The Morgan fingerprint density at radius 1 is 1.20 bits per heavy atom. The van der Waals surface area contributed by atoms with E-state index in [9.17, 15) is 4.79 Å². The van der Waals surface area contributed by atoms with E-state index < -0.39 is 11.7 Å². The summed E-state index contributed by atoms with van der Waals surface area (Å²) >= 11 is 0. The smallest absolute Gasteiger partial charge is 0.407 e. The fourth-order valence-corrected chi connectivity index (χ4v) is 3.11. The summed E-state index contributed by atoms with van der Waals surface area (Å²) in [6.07, 6.45) is 3.95. The minimum Gasteiger partial charge on any atom is -0.444 e. The second-order valence-corrected chi connectivity index (χ2v) is 8.74. The minimum atomic E-state index is -0.496. The summed E-state index contributed by atoms with van der Waals surface area (Å²) in [7, 11) is 0. The summed E-state index contributed by atoms with van der Waals surface area (Å²) in [5, 5.41) is 9.16. The number of carbonyl (C=O) groups is 1. The molecule has 1 aliphatic rings. The topological polar surface area (TPSA) is 90.9 Å². The van der Waals surface area contributed by atoms with Gasteiger partial charge in [-0.25, -0.2) is 14.8 Å². The minimum absolute atomic E-state index is 0.416. The van der Waals surface area contributed by atoms with Crippen molar-refractivity contribution in [3.8, 4) is 0 Å². The molecule has 1 amide bonds. The van der Waals surface area contributed by atoms with Crippen LogP contribution in [0.4, 0.5) is 10.6 Å². The summed E-state index contributed by atoms with van der Waals surface area (Å²) in [6.45, 7) is 14.3. The SMILES string of the molecule is CCNC(=NCc1ccc(N2CCC(C)CC2)nc1)NCCNC(=O)OC(C)(C)C. The molecule has 1 saturated heterocycles. The number of guanidine groups is 1. The predicted octanol–water partition coefficient (Wildman–Crippen LogP) is 2.90. The number of ether oxygens (including phenoxy) is 1. The summed E-state index contributed by atoms with van der Waals surface area (Å²) < 4.78 is 5.22. The summed E-state index contributed by atoms with van der Waals surface area (Å²) in [5.74, 6) is 2.57. The van der Waals surface area contributed by atoms with Crippen LogP contribution in [0.3, 0.4) is 0 Å². The van der Waals surface area contributed by atoms with Gasteiger partial charge in [0, 0.05) is 38.9 Å². The highest BCUT2D eigenvalue weighted by atomic mass is 16.6. The van der Waals surface area contributed by atoms with Crippen LogP contribution in [0.25, 0.3) is 0 Å². The van der Waals surface area contributed by atoms with Gasteiger partial charge < -0.3 is 25.6 Å². The number of anilines is 1. The molecule has 1 aliphatic heterocycles. The van der Waals surface area contributed by atoms with Crippen LogP contribution in [0.2, 0.25) is 0 Å². The molecular formula is C22H38N6O2. The second-order valence-electron chi connectivity index (χ2n) is 8.74. The average molecular weight is 419 g/mol. The van der Waals surface area contributed by atoms with Crippen molar-refractivity contribution in [3.63, 3.8) is 0 Å². The molecule has 1 fully saturated rings. The number of aromatic nitrogens is 1. The number of alkyl carbamates (subject to hydrolysis) is 1. The number of nitrogens with zero attached hydrogens (tertiary/aromatic N) is 3. The van der Waals surface area contributed by atoms with Crippen molar-refractivity contribution in [2.45, 2.75) is 59.6 Å². The number of hydrogen-bond donors (Lipinski definition) is 3. The van der Waals surface area contributed by atoms with Crippen LogP contribution in [0, 0.1) is 5.92 Å². The summed E-state index contributed by atoms with van der Waals surface area (Å²) in [5.41, 5.74) is 0.567. The fourth-order valence-electron chi connectivity index (χ4n) is 3.11. The second kappa shape index (κ2) is 11.6. The van der Waals surface area contributed by atoms with E-state index in [1.165, 1.54) is 12.8 Å². The maximum atomic E-state index is 11.7. The molecule has 0 spiro atoms. The molecule has 0 bridgehead atoms. The van der Waals surface area contributed by atoms with Gasteiger partial charge in [0.2, 0.25) is 0 Å². The molecule has 1 aromatic rings. The Hall–Kier alpha value is -2.51. The predicted molar refractivity (Wildman–Crippen MR) is 122 cm³/mol. The van der Waals surface area contributed by atoms with E-state index in [2.05, 4.69) is 49.9 Å². The third-order valence-electron chi connectivity index (χ3n) is 4.77. The number of carbonyl (C=O) groups excluding carboxylic acids is 1. The summed E-state index contributed by atoms with van der Waals surface area (Å²) in [4.78, 5) is 23.3. The van der Waals surface area contributed by atoms with E-state index in [4.69, 9.17) is 4.74 Å². The van der Waals surface area contributed by atoms with Gasteiger partial charge in [-0.05, 0) is 58.1 Å². The van der Waals surface area contributed by atoms with Gasteiger partial charge in [-0.1, -0.05) is 13.0 Å². The van der Waals surface area contributed by atoms with E-state index >= 15 is 0 Å². The van der Waals surface area contributed by atoms with E-state index in [-0.39, 0.29) is 0 Å². The number of amides is 1. The number of rotatable bonds is 7. The Labute approximate surface area is 180 Å². The molecule has 0 atom stereocenters. The molecule has 0 unspecified atom stereocenters. The van der Waals surface area contributed by atoms with Crippen molar-refractivity contribution in [3.05, 3.63) is 23.9 Å². The number of aliphatic imine (C=N–C) groups is 1. The maximum absolute atomic E-state index is 11.7. The fraction of sp³-hybridized carbons (Fsp3) is 0.682. The Balaban J connectivity index is 1.78. The van der Waals surface area contributed by atoms with Crippen LogP contribution < -0.4 is 20.9 Å². The molecule has 0 radical (unpaired) electrons. The van der Waals surface area contributed by atoms with Gasteiger partial charge in [0.05, 0.1) is 6.54 Å². The molecule has 8 nitrogen and oxygen atoms in total. The largest absolute Gasteiger partial charge is 0.444 e. The quantitative estimate of drug-likeness (QED) is 0.358. The zero-order valence-corrected chi connectivity index (χ0v) is 19.1.